The molecule has 0 amide bonds. The van der Waals surface area contributed by atoms with Crippen molar-refractivity contribution in [1.82, 2.24) is 4.90 Å². The Hall–Kier alpha value is -1.14. The molecule has 0 aliphatic carbocycles. The normalized spacial score (nSPS) is 13.5. The first-order valence-corrected chi connectivity index (χ1v) is 22.0. The van der Waals surface area contributed by atoms with Crippen LogP contribution in [0.5, 0.6) is 0 Å². The number of unbranched alkanes of at least 4 members (excludes halogenated alkanes) is 11. The second-order valence-electron chi connectivity index (χ2n) is 15.6. The van der Waals surface area contributed by atoms with Crippen LogP contribution in [0.4, 0.5) is 0 Å². The van der Waals surface area contributed by atoms with Gasteiger partial charge in [-0.2, -0.15) is 0 Å². The highest BCUT2D eigenvalue weighted by atomic mass is 16.5. The summed E-state index contributed by atoms with van der Waals surface area (Å²) in [5.41, 5.74) is -0.581. The van der Waals surface area contributed by atoms with E-state index < -0.39 is 5.60 Å². The van der Waals surface area contributed by atoms with Crippen LogP contribution in [0, 0.1) is 11.8 Å². The van der Waals surface area contributed by atoms with Gasteiger partial charge in [0.25, 0.3) is 0 Å². The monoisotopic (exact) mass is 710 g/mol. The Balaban J connectivity index is 4.53. The molecule has 2 atom stereocenters. The van der Waals surface area contributed by atoms with Gasteiger partial charge in [-0.1, -0.05) is 131 Å². The molecule has 0 aromatic carbocycles. The second kappa shape index (κ2) is 34.9. The second-order valence-corrected chi connectivity index (χ2v) is 15.6. The molecule has 0 radical (unpaired) electrons. The van der Waals surface area contributed by atoms with Gasteiger partial charge in [-0.15, -0.1) is 0 Å². The Kier molecular flexibility index (Phi) is 34.1. The first-order valence-electron chi connectivity index (χ1n) is 22.0. The van der Waals surface area contributed by atoms with E-state index in [9.17, 15) is 14.7 Å². The van der Waals surface area contributed by atoms with Crippen molar-refractivity contribution in [2.45, 2.75) is 227 Å². The zero-order valence-corrected chi connectivity index (χ0v) is 34.5. The lowest BCUT2D eigenvalue weighted by atomic mass is 9.85. The minimum Gasteiger partial charge on any atom is -0.466 e. The maximum absolute atomic E-state index is 12.5. The zero-order valence-electron chi connectivity index (χ0n) is 34.5. The van der Waals surface area contributed by atoms with E-state index >= 15 is 0 Å². The highest BCUT2D eigenvalue weighted by Crippen LogP contribution is 2.29. The van der Waals surface area contributed by atoms with Crippen molar-refractivity contribution in [2.75, 3.05) is 32.8 Å². The summed E-state index contributed by atoms with van der Waals surface area (Å²) < 4.78 is 11.2. The third-order valence-corrected chi connectivity index (χ3v) is 10.7. The lowest BCUT2D eigenvalue weighted by molar-refractivity contribution is -0.146. The number of nitrogens with zero attached hydrogens (tertiary/aromatic N) is 1. The standard InChI is InChI=1S/C44H87NO5/c1-7-13-27-40(12-6)38-42(46)49-36-25-19-16-17-21-30-44(48,32-23-24-35-45(33-10-4)34-11-5)31-22-18-20-26-37-50-43(47)39-41(28-14-8-2)29-15-9-3/h40-41,48H,7-39H2,1-6H3. The molecule has 0 rings (SSSR count). The zero-order chi connectivity index (χ0) is 37.1. The predicted octanol–water partition coefficient (Wildman–Crippen LogP) is 12.4. The van der Waals surface area contributed by atoms with Crippen LogP contribution in [0.1, 0.15) is 221 Å². The van der Waals surface area contributed by atoms with E-state index in [-0.39, 0.29) is 11.9 Å². The van der Waals surface area contributed by atoms with Crippen molar-refractivity contribution in [1.29, 1.82) is 0 Å². The third kappa shape index (κ3) is 29.4. The van der Waals surface area contributed by atoms with Crippen molar-refractivity contribution in [3.63, 3.8) is 0 Å². The molecule has 0 spiro atoms. The van der Waals surface area contributed by atoms with Crippen LogP contribution in [0.3, 0.4) is 0 Å². The lowest BCUT2D eigenvalue weighted by Gasteiger charge is -2.29. The van der Waals surface area contributed by atoms with Crippen LogP contribution >= 0.6 is 0 Å². The summed E-state index contributed by atoms with van der Waals surface area (Å²) in [6.45, 7) is 17.9. The molecule has 0 heterocycles. The summed E-state index contributed by atoms with van der Waals surface area (Å²) in [5.74, 6) is 0.896. The maximum atomic E-state index is 12.5. The molecule has 0 saturated heterocycles. The number of aliphatic hydroxyl groups is 1. The minimum absolute atomic E-state index is 0.0167. The molecular formula is C44H87NO5. The average Bonchev–Trinajstić information content (AvgIpc) is 3.10. The molecule has 0 aliphatic rings. The minimum atomic E-state index is -0.581. The summed E-state index contributed by atoms with van der Waals surface area (Å²) in [6.07, 6.45) is 29.4. The number of hydrogen-bond acceptors (Lipinski definition) is 6. The number of esters is 2. The summed E-state index contributed by atoms with van der Waals surface area (Å²) in [7, 11) is 0. The average molecular weight is 710 g/mol. The quantitative estimate of drug-likeness (QED) is 0.0508. The van der Waals surface area contributed by atoms with Gasteiger partial charge >= 0.3 is 11.9 Å². The highest BCUT2D eigenvalue weighted by Gasteiger charge is 2.25. The van der Waals surface area contributed by atoms with Crippen molar-refractivity contribution in [3.8, 4) is 0 Å². The molecule has 0 aromatic heterocycles. The largest absolute Gasteiger partial charge is 0.466 e. The van der Waals surface area contributed by atoms with Crippen molar-refractivity contribution in [2.24, 2.45) is 11.8 Å². The first-order chi connectivity index (χ1) is 24.3. The van der Waals surface area contributed by atoms with E-state index in [2.05, 4.69) is 46.4 Å². The maximum Gasteiger partial charge on any atom is 0.306 e. The van der Waals surface area contributed by atoms with Crippen LogP contribution in [-0.4, -0.2) is 60.4 Å². The van der Waals surface area contributed by atoms with Gasteiger partial charge < -0.3 is 19.5 Å². The molecule has 0 fully saturated rings. The van der Waals surface area contributed by atoms with Gasteiger partial charge in [-0.25, -0.2) is 0 Å². The Morgan fingerprint density at radius 2 is 0.900 bits per heavy atom. The Morgan fingerprint density at radius 1 is 0.500 bits per heavy atom. The topological polar surface area (TPSA) is 76.1 Å². The van der Waals surface area contributed by atoms with Gasteiger partial charge in [0.05, 0.1) is 18.8 Å². The molecule has 2 unspecified atom stereocenters. The smallest absolute Gasteiger partial charge is 0.306 e. The van der Waals surface area contributed by atoms with Gasteiger partial charge in [-0.05, 0) is 109 Å². The van der Waals surface area contributed by atoms with Crippen LogP contribution < -0.4 is 0 Å². The van der Waals surface area contributed by atoms with Crippen molar-refractivity contribution in [3.05, 3.63) is 0 Å². The summed E-state index contributed by atoms with van der Waals surface area (Å²) in [4.78, 5) is 27.3. The van der Waals surface area contributed by atoms with Crippen molar-refractivity contribution >= 4 is 11.9 Å². The Bertz CT molecular complexity index is 747. The summed E-state index contributed by atoms with van der Waals surface area (Å²) >= 11 is 0. The first kappa shape index (κ1) is 48.9. The Labute approximate surface area is 312 Å². The highest BCUT2D eigenvalue weighted by molar-refractivity contribution is 5.70. The van der Waals surface area contributed by atoms with Gasteiger partial charge in [0.1, 0.15) is 0 Å². The SMILES string of the molecule is CCCCC(CC)CC(=O)OCCCCCCCC(O)(CCCCCCOC(=O)CC(CCCC)CCCC)CCCCN(CCC)CCC. The van der Waals surface area contributed by atoms with Gasteiger partial charge in [0.15, 0.2) is 0 Å². The number of carbonyl (C=O) groups is 2. The molecular weight excluding hydrogens is 622 g/mol. The summed E-state index contributed by atoms with van der Waals surface area (Å²) in [5, 5.41) is 11.8. The number of ether oxygens (including phenoxy) is 2. The van der Waals surface area contributed by atoms with Crippen LogP contribution in [0.25, 0.3) is 0 Å². The van der Waals surface area contributed by atoms with Gasteiger partial charge in [-0.3, -0.25) is 9.59 Å². The molecule has 298 valence electrons. The molecule has 1 N–H and O–H groups in total. The molecule has 50 heavy (non-hydrogen) atoms. The van der Waals surface area contributed by atoms with Crippen LogP contribution in [0.15, 0.2) is 0 Å². The lowest BCUT2D eigenvalue weighted by Crippen LogP contribution is -2.30. The number of hydrogen-bond donors (Lipinski definition) is 1. The Morgan fingerprint density at radius 3 is 1.34 bits per heavy atom. The van der Waals surface area contributed by atoms with E-state index in [0.717, 1.165) is 122 Å². The third-order valence-electron chi connectivity index (χ3n) is 10.7. The fraction of sp³-hybridized carbons (Fsp3) is 0.955. The number of rotatable bonds is 38. The molecule has 0 saturated carbocycles. The van der Waals surface area contributed by atoms with E-state index in [1.165, 1.54) is 64.5 Å². The van der Waals surface area contributed by atoms with E-state index in [1.807, 2.05) is 0 Å². The molecule has 0 aliphatic heterocycles. The van der Waals surface area contributed by atoms with E-state index in [1.54, 1.807) is 0 Å². The van der Waals surface area contributed by atoms with Crippen LogP contribution in [-0.2, 0) is 19.1 Å². The molecule has 0 aromatic rings. The fourth-order valence-corrected chi connectivity index (χ4v) is 7.37. The molecule has 0 bridgehead atoms. The molecule has 6 nitrogen and oxygen atoms in total. The van der Waals surface area contributed by atoms with Crippen LogP contribution in [0.2, 0.25) is 0 Å². The van der Waals surface area contributed by atoms with Crippen molar-refractivity contribution < 1.29 is 24.2 Å². The van der Waals surface area contributed by atoms with E-state index in [4.69, 9.17) is 9.47 Å². The van der Waals surface area contributed by atoms with Gasteiger partial charge in [0, 0.05) is 12.8 Å². The van der Waals surface area contributed by atoms with E-state index in [0.29, 0.717) is 37.9 Å². The fourth-order valence-electron chi connectivity index (χ4n) is 7.37. The number of carbonyl (C=O) groups excluding carboxylic acids is 2. The molecule has 6 heteroatoms. The summed E-state index contributed by atoms with van der Waals surface area (Å²) in [6, 6.07) is 0. The van der Waals surface area contributed by atoms with Gasteiger partial charge in [0.2, 0.25) is 0 Å². The predicted molar refractivity (Wildman–Crippen MR) is 214 cm³/mol.